The van der Waals surface area contributed by atoms with Gasteiger partial charge in [-0.1, -0.05) is 20.8 Å². The van der Waals surface area contributed by atoms with E-state index in [1.807, 2.05) is 39.8 Å². The van der Waals surface area contributed by atoms with Crippen LogP contribution in [0.2, 0.25) is 0 Å². The maximum Gasteiger partial charge on any atom is 0.291 e. The molecule has 0 unspecified atom stereocenters. The van der Waals surface area contributed by atoms with E-state index in [1.54, 1.807) is 0 Å². The van der Waals surface area contributed by atoms with E-state index in [0.29, 0.717) is 6.54 Å². The van der Waals surface area contributed by atoms with E-state index in [4.69, 9.17) is 0 Å². The van der Waals surface area contributed by atoms with Crippen molar-refractivity contribution < 1.29 is 4.79 Å². The van der Waals surface area contributed by atoms with Gasteiger partial charge in [-0.2, -0.15) is 0 Å². The number of rotatable bonds is 4. The van der Waals surface area contributed by atoms with Gasteiger partial charge in [0, 0.05) is 18.5 Å². The molecule has 0 spiro atoms. The lowest BCUT2D eigenvalue weighted by atomic mass is 9.96. The molecule has 0 bridgehead atoms. The van der Waals surface area contributed by atoms with Crippen molar-refractivity contribution in [3.63, 3.8) is 0 Å². The summed E-state index contributed by atoms with van der Waals surface area (Å²) in [7, 11) is 3.91. The molecule has 0 aliphatic heterocycles. The van der Waals surface area contributed by atoms with Crippen molar-refractivity contribution in [2.75, 3.05) is 27.2 Å². The Balaban J connectivity index is 2.56. The highest BCUT2D eigenvalue weighted by Crippen LogP contribution is 2.17. The highest BCUT2D eigenvalue weighted by molar-refractivity contribution is 5.90. The van der Waals surface area contributed by atoms with E-state index < -0.39 is 0 Å². The maximum atomic E-state index is 11.7. The van der Waals surface area contributed by atoms with Gasteiger partial charge in [-0.15, -0.1) is 5.10 Å². The standard InChI is InChI=1S/C11H21N5O/c1-11(2,3)10-13-8(14-15-10)9(17)12-6-7-16(4)5/h6-7H2,1-5H3,(H,12,17)(H,13,14,15). The van der Waals surface area contributed by atoms with Crippen LogP contribution in [0.1, 0.15) is 37.2 Å². The third-order valence-electron chi connectivity index (χ3n) is 2.24. The number of hydrogen-bond donors (Lipinski definition) is 2. The molecule has 0 atom stereocenters. The minimum absolute atomic E-state index is 0.130. The minimum atomic E-state index is -0.237. The van der Waals surface area contributed by atoms with Crippen LogP contribution in [0.25, 0.3) is 0 Å². The topological polar surface area (TPSA) is 73.9 Å². The van der Waals surface area contributed by atoms with Gasteiger partial charge in [0.1, 0.15) is 5.82 Å². The van der Waals surface area contributed by atoms with Crippen molar-refractivity contribution in [1.82, 2.24) is 25.4 Å². The van der Waals surface area contributed by atoms with Gasteiger partial charge in [0.2, 0.25) is 5.82 Å². The lowest BCUT2D eigenvalue weighted by molar-refractivity contribution is 0.0941. The minimum Gasteiger partial charge on any atom is -0.348 e. The SMILES string of the molecule is CN(C)CCNC(=O)c1n[nH]c(C(C)(C)C)n1. The summed E-state index contributed by atoms with van der Waals surface area (Å²) in [5.41, 5.74) is -0.130. The molecule has 6 heteroatoms. The van der Waals surface area contributed by atoms with Gasteiger partial charge in [0.25, 0.3) is 5.91 Å². The van der Waals surface area contributed by atoms with Crippen molar-refractivity contribution >= 4 is 5.91 Å². The maximum absolute atomic E-state index is 11.7. The predicted molar refractivity (Wildman–Crippen MR) is 66.0 cm³/mol. The van der Waals surface area contributed by atoms with Crippen LogP contribution in [0.4, 0.5) is 0 Å². The zero-order valence-electron chi connectivity index (χ0n) is 11.2. The Morgan fingerprint density at radius 2 is 2.06 bits per heavy atom. The van der Waals surface area contributed by atoms with Crippen molar-refractivity contribution in [2.24, 2.45) is 0 Å². The normalized spacial score (nSPS) is 11.9. The largest absolute Gasteiger partial charge is 0.348 e. The van der Waals surface area contributed by atoms with Crippen LogP contribution in [-0.2, 0) is 5.41 Å². The van der Waals surface area contributed by atoms with Crippen molar-refractivity contribution in [2.45, 2.75) is 26.2 Å². The number of hydrogen-bond acceptors (Lipinski definition) is 4. The molecule has 2 N–H and O–H groups in total. The summed E-state index contributed by atoms with van der Waals surface area (Å²) in [6.07, 6.45) is 0. The van der Waals surface area contributed by atoms with Gasteiger partial charge in [-0.25, -0.2) is 4.98 Å². The quantitative estimate of drug-likeness (QED) is 0.797. The van der Waals surface area contributed by atoms with E-state index in [-0.39, 0.29) is 17.1 Å². The molecule has 1 aromatic heterocycles. The predicted octanol–water partition coefficient (Wildman–Crippen LogP) is 0.394. The average molecular weight is 239 g/mol. The summed E-state index contributed by atoms with van der Waals surface area (Å²) in [5, 5.41) is 9.48. The number of amides is 1. The van der Waals surface area contributed by atoms with Crippen LogP contribution >= 0.6 is 0 Å². The highest BCUT2D eigenvalue weighted by Gasteiger charge is 2.20. The number of H-pyrrole nitrogens is 1. The summed E-state index contributed by atoms with van der Waals surface area (Å²) in [6.45, 7) is 7.43. The van der Waals surface area contributed by atoms with Gasteiger partial charge in [0.05, 0.1) is 0 Å². The number of aromatic amines is 1. The van der Waals surface area contributed by atoms with Crippen LogP contribution in [0, 0.1) is 0 Å². The van der Waals surface area contributed by atoms with E-state index >= 15 is 0 Å². The molecule has 0 saturated heterocycles. The summed E-state index contributed by atoms with van der Waals surface area (Å²) in [4.78, 5) is 17.9. The van der Waals surface area contributed by atoms with Gasteiger partial charge >= 0.3 is 0 Å². The Bertz CT molecular complexity index is 377. The van der Waals surface area contributed by atoms with Gasteiger partial charge in [0.15, 0.2) is 0 Å². The molecule has 1 rings (SSSR count). The van der Waals surface area contributed by atoms with E-state index in [9.17, 15) is 4.79 Å². The van der Waals surface area contributed by atoms with Crippen LogP contribution in [-0.4, -0.2) is 53.2 Å². The summed E-state index contributed by atoms with van der Waals surface area (Å²) in [5.74, 6) is 0.683. The van der Waals surface area contributed by atoms with Gasteiger partial charge in [-0.05, 0) is 14.1 Å². The molecule has 1 heterocycles. The number of aromatic nitrogens is 3. The highest BCUT2D eigenvalue weighted by atomic mass is 16.2. The fourth-order valence-electron chi connectivity index (χ4n) is 1.17. The van der Waals surface area contributed by atoms with Crippen molar-refractivity contribution in [3.05, 3.63) is 11.6 Å². The average Bonchev–Trinajstić information content (AvgIpc) is 2.64. The molecule has 17 heavy (non-hydrogen) atoms. The fourth-order valence-corrected chi connectivity index (χ4v) is 1.17. The first-order chi connectivity index (χ1) is 7.80. The first-order valence-corrected chi connectivity index (χ1v) is 5.66. The molecule has 0 radical (unpaired) electrons. The third kappa shape index (κ3) is 4.14. The Morgan fingerprint density at radius 1 is 1.41 bits per heavy atom. The Morgan fingerprint density at radius 3 is 2.53 bits per heavy atom. The molecule has 96 valence electrons. The van der Waals surface area contributed by atoms with E-state index in [1.165, 1.54) is 0 Å². The smallest absolute Gasteiger partial charge is 0.291 e. The Hall–Kier alpha value is -1.43. The first kappa shape index (κ1) is 13.6. The van der Waals surface area contributed by atoms with Crippen molar-refractivity contribution in [3.8, 4) is 0 Å². The summed E-state index contributed by atoms with van der Waals surface area (Å²) >= 11 is 0. The number of carbonyl (C=O) groups excluding carboxylic acids is 1. The number of likely N-dealkylation sites (N-methyl/N-ethyl adjacent to an activating group) is 1. The zero-order valence-corrected chi connectivity index (χ0v) is 11.2. The second-order valence-electron chi connectivity index (χ2n) is 5.32. The Labute approximate surface area is 102 Å². The van der Waals surface area contributed by atoms with Crippen LogP contribution in [0.5, 0.6) is 0 Å². The monoisotopic (exact) mass is 239 g/mol. The molecule has 0 aromatic carbocycles. The summed E-state index contributed by atoms with van der Waals surface area (Å²) < 4.78 is 0. The number of nitrogens with one attached hydrogen (secondary N) is 2. The number of nitrogens with zero attached hydrogens (tertiary/aromatic N) is 3. The number of carbonyl (C=O) groups is 1. The van der Waals surface area contributed by atoms with Crippen LogP contribution < -0.4 is 5.32 Å². The lowest BCUT2D eigenvalue weighted by Crippen LogP contribution is -2.32. The fraction of sp³-hybridized carbons (Fsp3) is 0.727. The molecular formula is C11H21N5O. The summed E-state index contributed by atoms with van der Waals surface area (Å²) in [6, 6.07) is 0. The molecule has 0 fully saturated rings. The van der Waals surface area contributed by atoms with E-state index in [2.05, 4.69) is 20.5 Å². The molecule has 1 aromatic rings. The lowest BCUT2D eigenvalue weighted by Gasteiger charge is -2.12. The second-order valence-corrected chi connectivity index (χ2v) is 5.32. The van der Waals surface area contributed by atoms with Crippen molar-refractivity contribution in [1.29, 1.82) is 0 Å². The third-order valence-corrected chi connectivity index (χ3v) is 2.24. The molecular weight excluding hydrogens is 218 g/mol. The van der Waals surface area contributed by atoms with Gasteiger partial charge < -0.3 is 10.2 Å². The molecule has 6 nitrogen and oxygen atoms in total. The van der Waals surface area contributed by atoms with E-state index in [0.717, 1.165) is 12.4 Å². The van der Waals surface area contributed by atoms with Crippen LogP contribution in [0.15, 0.2) is 0 Å². The first-order valence-electron chi connectivity index (χ1n) is 5.66. The Kier molecular flexibility index (Phi) is 4.22. The van der Waals surface area contributed by atoms with Gasteiger partial charge in [-0.3, -0.25) is 9.89 Å². The van der Waals surface area contributed by atoms with Crippen LogP contribution in [0.3, 0.4) is 0 Å². The molecule has 0 saturated carbocycles. The second kappa shape index (κ2) is 5.27. The molecule has 0 aliphatic carbocycles. The molecule has 0 aliphatic rings. The molecule has 1 amide bonds. The zero-order chi connectivity index (χ0) is 13.1.